The molecule has 2 heteroatoms. The standard InChI is InChI=1S/C29H28NO/c1-19-8-6-7-11-23(19)27-29-26(16-17-30(27)2)25-15-13-22-18-21(20-9-4-3-5-10-20)12-14-24(22)28(25)31-29/h6-8,11-18,20H,3-5,9-10H2,1-2H3/q+1. The van der Waals surface area contributed by atoms with Crippen LogP contribution in [-0.2, 0) is 7.05 Å². The molecule has 1 aliphatic rings. The Balaban J connectivity index is 1.59. The summed E-state index contributed by atoms with van der Waals surface area (Å²) in [4.78, 5) is 0. The molecule has 0 radical (unpaired) electrons. The number of furan rings is 1. The molecule has 154 valence electrons. The van der Waals surface area contributed by atoms with Gasteiger partial charge in [-0.15, -0.1) is 0 Å². The van der Waals surface area contributed by atoms with Crippen LogP contribution >= 0.6 is 0 Å². The van der Waals surface area contributed by atoms with Gasteiger partial charge in [0.15, 0.2) is 6.20 Å². The lowest BCUT2D eigenvalue weighted by molar-refractivity contribution is -0.659. The Morgan fingerprint density at radius 1 is 0.806 bits per heavy atom. The van der Waals surface area contributed by atoms with E-state index in [1.807, 2.05) is 0 Å². The van der Waals surface area contributed by atoms with Crippen LogP contribution < -0.4 is 4.57 Å². The zero-order valence-corrected chi connectivity index (χ0v) is 18.3. The lowest BCUT2D eigenvalue weighted by Gasteiger charge is -2.22. The van der Waals surface area contributed by atoms with E-state index in [2.05, 4.69) is 85.4 Å². The van der Waals surface area contributed by atoms with Crippen molar-refractivity contribution in [1.29, 1.82) is 0 Å². The first kappa shape index (κ1) is 18.6. The molecular weight excluding hydrogens is 378 g/mol. The van der Waals surface area contributed by atoms with Crippen LogP contribution in [0.15, 0.2) is 71.3 Å². The van der Waals surface area contributed by atoms with E-state index in [9.17, 15) is 0 Å². The Kier molecular flexibility index (Phi) is 4.34. The van der Waals surface area contributed by atoms with Crippen molar-refractivity contribution in [3.05, 3.63) is 78.0 Å². The van der Waals surface area contributed by atoms with Gasteiger partial charge in [-0.25, -0.2) is 0 Å². The maximum absolute atomic E-state index is 6.65. The number of rotatable bonds is 2. The van der Waals surface area contributed by atoms with Gasteiger partial charge in [0.05, 0.1) is 5.56 Å². The van der Waals surface area contributed by atoms with E-state index in [1.165, 1.54) is 70.3 Å². The first-order valence-corrected chi connectivity index (χ1v) is 11.5. The van der Waals surface area contributed by atoms with E-state index in [-0.39, 0.29) is 0 Å². The largest absolute Gasteiger partial charge is 0.448 e. The van der Waals surface area contributed by atoms with Gasteiger partial charge in [-0.2, -0.15) is 4.57 Å². The molecule has 0 unspecified atom stereocenters. The molecule has 6 rings (SSSR count). The Morgan fingerprint density at radius 3 is 2.42 bits per heavy atom. The summed E-state index contributed by atoms with van der Waals surface area (Å²) in [7, 11) is 2.10. The predicted molar refractivity (Wildman–Crippen MR) is 128 cm³/mol. The van der Waals surface area contributed by atoms with E-state index in [4.69, 9.17) is 4.42 Å². The number of benzene rings is 3. The summed E-state index contributed by atoms with van der Waals surface area (Å²) in [5.74, 6) is 0.719. The predicted octanol–water partition coefficient (Wildman–Crippen LogP) is 7.59. The van der Waals surface area contributed by atoms with Crippen molar-refractivity contribution >= 4 is 32.7 Å². The lowest BCUT2D eigenvalue weighted by Crippen LogP contribution is -2.30. The van der Waals surface area contributed by atoms with Gasteiger partial charge in [-0.3, -0.25) is 0 Å². The average molecular weight is 407 g/mol. The molecule has 0 atom stereocenters. The van der Waals surface area contributed by atoms with Crippen molar-refractivity contribution in [2.45, 2.75) is 44.9 Å². The highest BCUT2D eigenvalue weighted by atomic mass is 16.3. The minimum Gasteiger partial charge on any atom is -0.448 e. The van der Waals surface area contributed by atoms with Gasteiger partial charge in [-0.05, 0) is 54.3 Å². The number of hydrogen-bond acceptors (Lipinski definition) is 1. The van der Waals surface area contributed by atoms with Crippen molar-refractivity contribution in [3.8, 4) is 11.3 Å². The van der Waals surface area contributed by atoms with Crippen LogP contribution in [0.4, 0.5) is 0 Å². The fourth-order valence-corrected chi connectivity index (χ4v) is 5.52. The average Bonchev–Trinajstić information content (AvgIpc) is 3.19. The Hall–Kier alpha value is -3.13. The van der Waals surface area contributed by atoms with Crippen molar-refractivity contribution in [2.75, 3.05) is 0 Å². The van der Waals surface area contributed by atoms with E-state index in [0.29, 0.717) is 0 Å². The van der Waals surface area contributed by atoms with Crippen LogP contribution in [0.1, 0.15) is 49.1 Å². The molecule has 3 aromatic carbocycles. The molecule has 0 N–H and O–H groups in total. The van der Waals surface area contributed by atoms with Crippen molar-refractivity contribution < 1.29 is 8.98 Å². The number of pyridine rings is 1. The van der Waals surface area contributed by atoms with Crippen LogP contribution in [0.2, 0.25) is 0 Å². The molecule has 0 spiro atoms. The molecule has 2 nitrogen and oxygen atoms in total. The summed E-state index contributed by atoms with van der Waals surface area (Å²) in [6, 6.07) is 22.3. The normalized spacial score (nSPS) is 15.3. The Labute approximate surface area is 183 Å². The third-order valence-corrected chi connectivity index (χ3v) is 7.24. The van der Waals surface area contributed by atoms with Gasteiger partial charge < -0.3 is 4.42 Å². The molecule has 0 saturated heterocycles. The second-order valence-corrected chi connectivity index (χ2v) is 9.19. The number of aryl methyl sites for hydroxylation is 2. The van der Waals surface area contributed by atoms with E-state index in [1.54, 1.807) is 0 Å². The fourth-order valence-electron chi connectivity index (χ4n) is 5.52. The minimum absolute atomic E-state index is 0.719. The third kappa shape index (κ3) is 2.96. The van der Waals surface area contributed by atoms with Gasteiger partial charge >= 0.3 is 0 Å². The summed E-state index contributed by atoms with van der Waals surface area (Å²) >= 11 is 0. The maximum Gasteiger partial charge on any atom is 0.256 e. The van der Waals surface area contributed by atoms with Gasteiger partial charge in [0.25, 0.3) is 5.69 Å². The van der Waals surface area contributed by atoms with Crippen LogP contribution in [-0.4, -0.2) is 0 Å². The monoisotopic (exact) mass is 406 g/mol. The number of aromatic nitrogens is 1. The Bertz CT molecular complexity index is 1440. The first-order chi connectivity index (χ1) is 15.2. The lowest BCUT2D eigenvalue weighted by atomic mass is 9.83. The molecule has 2 aromatic heterocycles. The number of nitrogens with zero attached hydrogens (tertiary/aromatic N) is 1. The fraction of sp³-hybridized carbons (Fsp3) is 0.276. The van der Waals surface area contributed by atoms with Gasteiger partial charge in [0, 0.05) is 22.2 Å². The highest BCUT2D eigenvalue weighted by Crippen LogP contribution is 2.39. The van der Waals surface area contributed by atoms with Gasteiger partial charge in [-0.1, -0.05) is 61.7 Å². The van der Waals surface area contributed by atoms with Crippen LogP contribution in [0.5, 0.6) is 0 Å². The number of fused-ring (bicyclic) bond motifs is 5. The van der Waals surface area contributed by atoms with Crippen molar-refractivity contribution in [1.82, 2.24) is 0 Å². The molecule has 2 heterocycles. The highest BCUT2D eigenvalue weighted by Gasteiger charge is 2.23. The Morgan fingerprint density at radius 2 is 1.58 bits per heavy atom. The highest BCUT2D eigenvalue weighted by molar-refractivity contribution is 6.16. The third-order valence-electron chi connectivity index (χ3n) is 7.24. The molecule has 1 saturated carbocycles. The molecule has 0 bridgehead atoms. The van der Waals surface area contributed by atoms with E-state index < -0.39 is 0 Å². The summed E-state index contributed by atoms with van der Waals surface area (Å²) in [5.41, 5.74) is 7.09. The molecule has 5 aromatic rings. The first-order valence-electron chi connectivity index (χ1n) is 11.5. The maximum atomic E-state index is 6.65. The van der Waals surface area contributed by atoms with E-state index in [0.717, 1.165) is 22.8 Å². The summed E-state index contributed by atoms with van der Waals surface area (Å²) in [5, 5.41) is 4.89. The molecular formula is C29H28NO+. The molecule has 0 amide bonds. The summed E-state index contributed by atoms with van der Waals surface area (Å²) in [6.07, 6.45) is 8.93. The van der Waals surface area contributed by atoms with Crippen LogP contribution in [0.25, 0.3) is 44.0 Å². The zero-order valence-electron chi connectivity index (χ0n) is 18.3. The molecule has 1 fully saturated rings. The molecule has 31 heavy (non-hydrogen) atoms. The van der Waals surface area contributed by atoms with E-state index >= 15 is 0 Å². The molecule has 0 aliphatic heterocycles. The SMILES string of the molecule is Cc1ccccc1-c1c2oc3c4ccc(C5CCCCC5)cc4ccc3c2cc[n+]1C. The summed E-state index contributed by atoms with van der Waals surface area (Å²) < 4.78 is 8.83. The van der Waals surface area contributed by atoms with Crippen molar-refractivity contribution in [2.24, 2.45) is 7.05 Å². The quantitative estimate of drug-likeness (QED) is 0.276. The molecule has 1 aliphatic carbocycles. The van der Waals surface area contributed by atoms with Gasteiger partial charge in [0.1, 0.15) is 12.6 Å². The smallest absolute Gasteiger partial charge is 0.256 e. The van der Waals surface area contributed by atoms with Crippen LogP contribution in [0.3, 0.4) is 0 Å². The minimum atomic E-state index is 0.719. The number of hydrogen-bond donors (Lipinski definition) is 0. The van der Waals surface area contributed by atoms with Crippen molar-refractivity contribution in [3.63, 3.8) is 0 Å². The topological polar surface area (TPSA) is 17.0 Å². The van der Waals surface area contributed by atoms with Gasteiger partial charge in [0.2, 0.25) is 5.58 Å². The second kappa shape index (κ2) is 7.23. The summed E-state index contributed by atoms with van der Waals surface area (Å²) in [6.45, 7) is 2.17. The zero-order chi connectivity index (χ0) is 20.9. The second-order valence-electron chi connectivity index (χ2n) is 9.19. The van der Waals surface area contributed by atoms with Crippen LogP contribution in [0, 0.1) is 6.92 Å².